The summed E-state index contributed by atoms with van der Waals surface area (Å²) >= 11 is 0. The number of nitrogens with zero attached hydrogens (tertiary/aromatic N) is 3. The van der Waals surface area contributed by atoms with Gasteiger partial charge in [0, 0.05) is 35.5 Å². The van der Waals surface area contributed by atoms with Crippen molar-refractivity contribution in [3.05, 3.63) is 47.3 Å². The Morgan fingerprint density at radius 2 is 1.97 bits per heavy atom. The van der Waals surface area contributed by atoms with Gasteiger partial charge in [-0.05, 0) is 18.6 Å². The highest BCUT2D eigenvalue weighted by molar-refractivity contribution is 6.01. The highest BCUT2D eigenvalue weighted by Gasteiger charge is 2.34. The van der Waals surface area contributed by atoms with Crippen molar-refractivity contribution in [3.8, 4) is 5.88 Å². The lowest BCUT2D eigenvalue weighted by molar-refractivity contribution is -0.139. The molecule has 0 radical (unpaired) electrons. The van der Waals surface area contributed by atoms with E-state index in [0.717, 1.165) is 0 Å². The first kappa shape index (κ1) is 22.5. The number of hydrogen-bond acceptors (Lipinski definition) is 5. The van der Waals surface area contributed by atoms with Gasteiger partial charge in [-0.2, -0.15) is 13.2 Å². The average Bonchev–Trinajstić information content (AvgIpc) is 3.04. The number of ether oxygens (including phenoxy) is 1. The van der Waals surface area contributed by atoms with E-state index in [-0.39, 0.29) is 36.2 Å². The van der Waals surface area contributed by atoms with Gasteiger partial charge in [0.2, 0.25) is 11.8 Å². The maximum Gasteiger partial charge on any atom is 0.392 e. The summed E-state index contributed by atoms with van der Waals surface area (Å²) in [6, 6.07) is 4.40. The molecular weight excluding hydrogens is 413 g/mol. The zero-order valence-corrected chi connectivity index (χ0v) is 17.4. The molecule has 0 bridgehead atoms. The first-order chi connectivity index (χ1) is 14.6. The van der Waals surface area contributed by atoms with Gasteiger partial charge < -0.3 is 15.0 Å². The summed E-state index contributed by atoms with van der Waals surface area (Å²) in [5.41, 5.74) is 1.82. The van der Waals surface area contributed by atoms with Gasteiger partial charge in [0.05, 0.1) is 25.6 Å². The number of amides is 2. The normalized spacial score (nSPS) is 14.5. The number of aromatic nitrogens is 2. The molecule has 0 fully saturated rings. The number of hydrogen-bond donors (Lipinski definition) is 1. The molecule has 1 aliphatic rings. The lowest BCUT2D eigenvalue weighted by atomic mass is 10.1. The Bertz CT molecular complexity index is 961. The third-order valence-corrected chi connectivity index (χ3v) is 4.99. The molecule has 2 aromatic rings. The van der Waals surface area contributed by atoms with E-state index in [0.29, 0.717) is 22.5 Å². The molecule has 0 spiro atoms. The van der Waals surface area contributed by atoms with E-state index in [1.54, 1.807) is 30.9 Å². The van der Waals surface area contributed by atoms with Crippen LogP contribution in [0.5, 0.6) is 5.88 Å². The maximum atomic E-state index is 12.9. The summed E-state index contributed by atoms with van der Waals surface area (Å²) in [4.78, 5) is 34.9. The molecule has 1 aliphatic heterocycles. The monoisotopic (exact) mass is 436 g/mol. The van der Waals surface area contributed by atoms with Gasteiger partial charge in [-0.15, -0.1) is 0 Å². The van der Waals surface area contributed by atoms with Crippen LogP contribution in [0.1, 0.15) is 54.7 Å². The van der Waals surface area contributed by atoms with E-state index in [2.05, 4.69) is 15.3 Å². The first-order valence-corrected chi connectivity index (χ1v) is 9.82. The Morgan fingerprint density at radius 3 is 2.58 bits per heavy atom. The number of alkyl halides is 3. The van der Waals surface area contributed by atoms with Crippen molar-refractivity contribution in [2.75, 3.05) is 11.9 Å². The largest absolute Gasteiger partial charge is 0.477 e. The molecule has 0 aliphatic carbocycles. The maximum absolute atomic E-state index is 12.9. The third kappa shape index (κ3) is 5.31. The van der Waals surface area contributed by atoms with E-state index in [4.69, 9.17) is 4.74 Å². The number of pyridine rings is 2. The number of carbonyl (C=O) groups excluding carboxylic acids is 2. The quantitative estimate of drug-likeness (QED) is 0.706. The fourth-order valence-corrected chi connectivity index (χ4v) is 3.11. The number of anilines is 1. The Morgan fingerprint density at radius 1 is 1.23 bits per heavy atom. The van der Waals surface area contributed by atoms with Gasteiger partial charge in [-0.25, -0.2) is 9.97 Å². The van der Waals surface area contributed by atoms with Gasteiger partial charge in [0.25, 0.3) is 5.91 Å². The molecule has 1 N–H and O–H groups in total. The van der Waals surface area contributed by atoms with Gasteiger partial charge in [-0.1, -0.05) is 19.9 Å². The molecule has 1 unspecified atom stereocenters. The van der Waals surface area contributed by atoms with E-state index in [9.17, 15) is 22.8 Å². The Labute approximate surface area is 177 Å². The Kier molecular flexibility index (Phi) is 6.47. The van der Waals surface area contributed by atoms with Gasteiger partial charge in [0.1, 0.15) is 5.82 Å². The molecule has 2 amide bonds. The number of carbonyl (C=O) groups is 2. The zero-order valence-electron chi connectivity index (χ0n) is 17.4. The predicted octanol–water partition coefficient (Wildman–Crippen LogP) is 4.12. The number of rotatable bonds is 7. The molecule has 2 aromatic heterocycles. The Balaban J connectivity index is 1.70. The van der Waals surface area contributed by atoms with Crippen molar-refractivity contribution in [1.29, 1.82) is 0 Å². The van der Waals surface area contributed by atoms with Crippen LogP contribution in [0.15, 0.2) is 30.6 Å². The van der Waals surface area contributed by atoms with Crippen molar-refractivity contribution in [3.63, 3.8) is 0 Å². The molecule has 1 atom stereocenters. The van der Waals surface area contributed by atoms with Crippen LogP contribution in [0.2, 0.25) is 0 Å². The van der Waals surface area contributed by atoms with Crippen LogP contribution in [-0.2, 0) is 11.3 Å². The van der Waals surface area contributed by atoms with Crippen LogP contribution in [0.25, 0.3) is 0 Å². The van der Waals surface area contributed by atoms with Gasteiger partial charge in [-0.3, -0.25) is 9.59 Å². The summed E-state index contributed by atoms with van der Waals surface area (Å²) in [5.74, 6) is -0.168. The van der Waals surface area contributed by atoms with Crippen molar-refractivity contribution in [1.82, 2.24) is 14.9 Å². The highest BCUT2D eigenvalue weighted by Crippen LogP contribution is 2.34. The molecule has 3 heterocycles. The van der Waals surface area contributed by atoms with Crippen LogP contribution in [-0.4, -0.2) is 39.5 Å². The zero-order chi connectivity index (χ0) is 22.8. The minimum Gasteiger partial charge on any atom is -0.477 e. The predicted molar refractivity (Wildman–Crippen MR) is 106 cm³/mol. The highest BCUT2D eigenvalue weighted by atomic mass is 19.4. The number of fused-ring (bicyclic) bond motifs is 1. The molecule has 7 nitrogen and oxygen atoms in total. The SMILES string of the molecule is CC(C)C(=O)Nc1nccc2c1CN(C(C)c1ccc(OCCC(F)(F)F)nc1)C2=O. The second kappa shape index (κ2) is 8.91. The lowest BCUT2D eigenvalue weighted by Crippen LogP contribution is -2.27. The topological polar surface area (TPSA) is 84.4 Å². The van der Waals surface area contributed by atoms with Crippen molar-refractivity contribution in [2.24, 2.45) is 5.92 Å². The molecule has 3 rings (SSSR count). The number of halogens is 3. The standard InChI is InChI=1S/C21H23F3N4O3/c1-12(2)19(29)27-18-16-11-28(20(30)15(16)6-8-25-18)13(3)14-4-5-17(26-10-14)31-9-7-21(22,23)24/h4-6,8,10,12-13H,7,9,11H2,1-3H3,(H,25,27,29). The summed E-state index contributed by atoms with van der Waals surface area (Å²) in [6.07, 6.45) is -2.39. The van der Waals surface area contributed by atoms with Crippen LogP contribution >= 0.6 is 0 Å². The van der Waals surface area contributed by atoms with Crippen molar-refractivity contribution >= 4 is 17.6 Å². The van der Waals surface area contributed by atoms with E-state index in [1.165, 1.54) is 18.5 Å². The second-order valence-electron chi connectivity index (χ2n) is 7.58. The third-order valence-electron chi connectivity index (χ3n) is 4.99. The fourth-order valence-electron chi connectivity index (χ4n) is 3.11. The van der Waals surface area contributed by atoms with E-state index in [1.807, 2.05) is 6.92 Å². The Hall–Kier alpha value is -3.17. The minimum atomic E-state index is -4.29. The minimum absolute atomic E-state index is 0.0825. The molecule has 0 aromatic carbocycles. The summed E-state index contributed by atoms with van der Waals surface area (Å²) < 4.78 is 41.7. The summed E-state index contributed by atoms with van der Waals surface area (Å²) in [7, 11) is 0. The van der Waals surface area contributed by atoms with E-state index < -0.39 is 19.2 Å². The molecule has 0 saturated heterocycles. The lowest BCUT2D eigenvalue weighted by Gasteiger charge is -2.24. The molecule has 31 heavy (non-hydrogen) atoms. The molecule has 0 saturated carbocycles. The van der Waals surface area contributed by atoms with Crippen LogP contribution in [0, 0.1) is 5.92 Å². The van der Waals surface area contributed by atoms with Gasteiger partial charge >= 0.3 is 6.18 Å². The summed E-state index contributed by atoms with van der Waals surface area (Å²) in [6.45, 7) is 5.11. The van der Waals surface area contributed by atoms with Crippen molar-refractivity contribution in [2.45, 2.75) is 46.0 Å². The fraction of sp³-hybridized carbons (Fsp3) is 0.429. The van der Waals surface area contributed by atoms with E-state index >= 15 is 0 Å². The van der Waals surface area contributed by atoms with Crippen LogP contribution in [0.3, 0.4) is 0 Å². The molecular formula is C21H23F3N4O3. The number of nitrogens with one attached hydrogen (secondary N) is 1. The van der Waals surface area contributed by atoms with Crippen LogP contribution < -0.4 is 10.1 Å². The van der Waals surface area contributed by atoms with Crippen molar-refractivity contribution < 1.29 is 27.5 Å². The van der Waals surface area contributed by atoms with Gasteiger partial charge in [0.15, 0.2) is 0 Å². The second-order valence-corrected chi connectivity index (χ2v) is 7.58. The van der Waals surface area contributed by atoms with Crippen LogP contribution in [0.4, 0.5) is 19.0 Å². The molecule has 10 heteroatoms. The molecule has 166 valence electrons. The first-order valence-electron chi connectivity index (χ1n) is 9.82. The smallest absolute Gasteiger partial charge is 0.392 e. The summed E-state index contributed by atoms with van der Waals surface area (Å²) in [5, 5.41) is 2.76. The average molecular weight is 436 g/mol.